The molecule has 0 aromatic carbocycles. The number of amides is 7. The summed E-state index contributed by atoms with van der Waals surface area (Å²) in [6.07, 6.45) is 8.18. The molecule has 7 amide bonds. The maximum absolute atomic E-state index is 14.7. The van der Waals surface area contributed by atoms with Crippen LogP contribution in [-0.4, -0.2) is 95.0 Å². The fourth-order valence-electron chi connectivity index (χ4n) is 8.57. The lowest BCUT2D eigenvalue weighted by Gasteiger charge is -2.41. The minimum atomic E-state index is -1.04. The maximum atomic E-state index is 14.7. The average Bonchev–Trinajstić information content (AvgIpc) is 3.40. The van der Waals surface area contributed by atoms with Gasteiger partial charge in [0.05, 0.1) is 12.1 Å². The van der Waals surface area contributed by atoms with Crippen molar-refractivity contribution < 1.29 is 33.6 Å². The first kappa shape index (κ1) is 42.0. The summed E-state index contributed by atoms with van der Waals surface area (Å²) >= 11 is 0. The van der Waals surface area contributed by atoms with Crippen LogP contribution >= 0.6 is 0 Å². The van der Waals surface area contributed by atoms with Crippen LogP contribution in [0.3, 0.4) is 0 Å². The summed E-state index contributed by atoms with van der Waals surface area (Å²) in [5.74, 6) is -3.11. The second kappa shape index (κ2) is 16.7. The van der Waals surface area contributed by atoms with Gasteiger partial charge in [0, 0.05) is 31.5 Å². The van der Waals surface area contributed by atoms with Crippen molar-refractivity contribution in [2.45, 2.75) is 144 Å². The number of hydrogen-bond donors (Lipinski definition) is 4. The van der Waals surface area contributed by atoms with Crippen LogP contribution in [0, 0.1) is 34.0 Å². The highest BCUT2D eigenvalue weighted by Gasteiger charge is 2.69. The number of fused-ring (bicyclic) bond motifs is 1. The summed E-state index contributed by atoms with van der Waals surface area (Å²) in [6, 6.07) is -4.00. The van der Waals surface area contributed by atoms with E-state index in [1.54, 1.807) is 4.90 Å². The fourth-order valence-corrected chi connectivity index (χ4v) is 8.57. The molecule has 2 aliphatic carbocycles. The van der Waals surface area contributed by atoms with E-state index >= 15 is 0 Å². The number of ketones is 1. The van der Waals surface area contributed by atoms with Crippen LogP contribution in [0.1, 0.15) is 120 Å². The Labute approximate surface area is 315 Å². The van der Waals surface area contributed by atoms with Crippen LogP contribution in [0.4, 0.5) is 4.79 Å². The predicted octanol–water partition coefficient (Wildman–Crippen LogP) is 3.85. The van der Waals surface area contributed by atoms with Gasteiger partial charge >= 0.3 is 6.03 Å². The van der Waals surface area contributed by atoms with E-state index < -0.39 is 58.6 Å². The number of piperidine rings is 2. The van der Waals surface area contributed by atoms with Crippen LogP contribution in [-0.2, 0) is 28.8 Å². The molecule has 2 saturated heterocycles. The largest absolute Gasteiger partial charge is 0.346 e. The number of urea groups is 1. The number of carbonyl (C=O) groups is 7. The molecule has 4 fully saturated rings. The molecule has 2 unspecified atom stereocenters. The first-order valence-corrected chi connectivity index (χ1v) is 19.7. The summed E-state index contributed by atoms with van der Waals surface area (Å²) in [7, 11) is 0. The van der Waals surface area contributed by atoms with Gasteiger partial charge in [0.1, 0.15) is 12.1 Å². The van der Waals surface area contributed by atoms with Crippen molar-refractivity contribution in [3.63, 3.8) is 0 Å². The van der Waals surface area contributed by atoms with E-state index in [0.29, 0.717) is 19.4 Å². The van der Waals surface area contributed by atoms with E-state index in [-0.39, 0.29) is 66.8 Å². The highest BCUT2D eigenvalue weighted by atomic mass is 16.2. The van der Waals surface area contributed by atoms with Gasteiger partial charge in [0.15, 0.2) is 0 Å². The molecule has 2 saturated carbocycles. The van der Waals surface area contributed by atoms with Crippen LogP contribution < -0.4 is 21.3 Å². The predicted molar refractivity (Wildman–Crippen MR) is 201 cm³/mol. The number of unbranched alkanes of at least 4 members (excludes halogenated alkanes) is 1. The topological polar surface area (TPSA) is 174 Å². The summed E-state index contributed by atoms with van der Waals surface area (Å²) in [4.78, 5) is 97.7. The molecule has 13 nitrogen and oxygen atoms in total. The third-order valence-electron chi connectivity index (χ3n) is 12.3. The number of nitrogens with zero attached hydrogens (tertiary/aromatic N) is 2. The number of Topliss-reactive ketones (excluding diaryl/α,β-unsaturated/α-hetero) is 1. The number of carbonyl (C=O) groups excluding carboxylic acids is 7. The number of rotatable bonds is 15. The maximum Gasteiger partial charge on any atom is 0.315 e. The van der Waals surface area contributed by atoms with E-state index in [1.807, 2.05) is 41.5 Å². The molecule has 0 bridgehead atoms. The summed E-state index contributed by atoms with van der Waals surface area (Å²) < 4.78 is 0. The van der Waals surface area contributed by atoms with Gasteiger partial charge in [0.25, 0.3) is 5.91 Å². The molecule has 0 radical (unpaired) electrons. The number of nitrogens with one attached hydrogen (secondary N) is 4. The van der Waals surface area contributed by atoms with E-state index in [2.05, 4.69) is 41.7 Å². The fraction of sp³-hybridized carbons (Fsp3) is 0.775. The van der Waals surface area contributed by atoms with Gasteiger partial charge in [0.2, 0.25) is 29.4 Å². The van der Waals surface area contributed by atoms with Crippen molar-refractivity contribution >= 4 is 41.4 Å². The van der Waals surface area contributed by atoms with Gasteiger partial charge in [-0.2, -0.15) is 0 Å². The Bertz CT molecular complexity index is 1440. The molecule has 4 N–H and O–H groups in total. The molecule has 6 atom stereocenters. The minimum absolute atomic E-state index is 0.0103. The smallest absolute Gasteiger partial charge is 0.315 e. The third-order valence-corrected chi connectivity index (χ3v) is 12.3. The molecule has 0 spiro atoms. The SMILES string of the molecule is C=CCNC(=O)C(=O)C(CCCC)NC(=O)[C@@H]1[C@@H]2[C@H](CN1C(=O)[C@@H](NC(=O)NC(CN1C(=O)CCC(C)(C)C1=O)C(C)(C)C)C1CCCCC1)C2(C)C. The van der Waals surface area contributed by atoms with Crippen LogP contribution in [0.15, 0.2) is 12.7 Å². The Kier molecular flexibility index (Phi) is 13.2. The molecule has 2 heterocycles. The van der Waals surface area contributed by atoms with E-state index in [4.69, 9.17) is 0 Å². The standard InChI is InChI=1S/C40H64N6O7/c1-10-12-18-26(32(48)34(50)41-21-11-2)42-33(49)31-29-25(40(29,8)9)22-46(31)35(51)30(24-16-14-13-15-17-24)44-37(53)43-27(38(3,4)5)23-45-28(47)19-20-39(6,7)36(45)52/h11,24-27,29-31H,2,10,12-23H2,1,3-9H3,(H,41,50)(H,42,49)(H2,43,44,53)/t25-,26?,27?,29-,30-,31-/m0/s1. The van der Waals surface area contributed by atoms with Crippen molar-refractivity contribution in [1.29, 1.82) is 0 Å². The summed E-state index contributed by atoms with van der Waals surface area (Å²) in [6.45, 7) is 19.6. The molecule has 0 aromatic rings. The molecule has 296 valence electrons. The lowest BCUT2D eigenvalue weighted by atomic mass is 9.81. The Hall–Kier alpha value is -3.77. The lowest BCUT2D eigenvalue weighted by molar-refractivity contribution is -0.157. The van der Waals surface area contributed by atoms with Crippen molar-refractivity contribution in [3.8, 4) is 0 Å². The number of likely N-dealkylation sites (tertiary alicyclic amines) is 2. The van der Waals surface area contributed by atoms with E-state index in [1.165, 1.54) is 11.0 Å². The first-order chi connectivity index (χ1) is 24.8. The van der Waals surface area contributed by atoms with Crippen molar-refractivity contribution in [3.05, 3.63) is 12.7 Å². The quantitative estimate of drug-likeness (QED) is 0.112. The van der Waals surface area contributed by atoms with E-state index in [0.717, 1.165) is 38.5 Å². The van der Waals surface area contributed by atoms with Crippen molar-refractivity contribution in [1.82, 2.24) is 31.1 Å². The molecular weight excluding hydrogens is 676 g/mol. The Morgan fingerprint density at radius 2 is 1.64 bits per heavy atom. The zero-order valence-electron chi connectivity index (χ0n) is 33.3. The molecular formula is C40H64N6O7. The molecule has 0 aromatic heterocycles. The summed E-state index contributed by atoms with van der Waals surface area (Å²) in [5.41, 5.74) is -1.43. The zero-order chi connectivity index (χ0) is 39.5. The van der Waals surface area contributed by atoms with Gasteiger partial charge < -0.3 is 26.2 Å². The Morgan fingerprint density at radius 3 is 2.25 bits per heavy atom. The zero-order valence-corrected chi connectivity index (χ0v) is 33.3. The van der Waals surface area contributed by atoms with Gasteiger partial charge in [-0.05, 0) is 54.3 Å². The molecule has 13 heteroatoms. The molecule has 4 rings (SSSR count). The van der Waals surface area contributed by atoms with Gasteiger partial charge in [-0.1, -0.05) is 93.6 Å². The van der Waals surface area contributed by atoms with Crippen LogP contribution in [0.2, 0.25) is 0 Å². The Balaban J connectivity index is 1.57. The first-order valence-electron chi connectivity index (χ1n) is 19.7. The Morgan fingerprint density at radius 1 is 0.981 bits per heavy atom. The second-order valence-corrected chi connectivity index (χ2v) is 18.1. The van der Waals surface area contributed by atoms with Gasteiger partial charge in [-0.15, -0.1) is 6.58 Å². The van der Waals surface area contributed by atoms with Crippen molar-refractivity contribution in [2.75, 3.05) is 19.6 Å². The van der Waals surface area contributed by atoms with Crippen molar-refractivity contribution in [2.24, 2.45) is 34.0 Å². The van der Waals surface area contributed by atoms with Crippen LogP contribution in [0.25, 0.3) is 0 Å². The minimum Gasteiger partial charge on any atom is -0.346 e. The number of hydrogen-bond acceptors (Lipinski definition) is 7. The third kappa shape index (κ3) is 9.49. The molecule has 4 aliphatic rings. The highest BCUT2D eigenvalue weighted by molar-refractivity contribution is 6.38. The van der Waals surface area contributed by atoms with E-state index in [9.17, 15) is 33.6 Å². The second-order valence-electron chi connectivity index (χ2n) is 18.1. The summed E-state index contributed by atoms with van der Waals surface area (Å²) in [5, 5.41) is 11.4. The normalized spacial score (nSPS) is 25.4. The highest BCUT2D eigenvalue weighted by Crippen LogP contribution is 2.65. The number of imide groups is 1. The van der Waals surface area contributed by atoms with Crippen LogP contribution in [0.5, 0.6) is 0 Å². The average molecular weight is 741 g/mol. The van der Waals surface area contributed by atoms with Gasteiger partial charge in [-0.3, -0.25) is 33.7 Å². The monoisotopic (exact) mass is 740 g/mol. The van der Waals surface area contributed by atoms with Gasteiger partial charge in [-0.25, -0.2) is 4.79 Å². The molecule has 53 heavy (non-hydrogen) atoms. The lowest BCUT2D eigenvalue weighted by Crippen LogP contribution is -2.62. The molecule has 2 aliphatic heterocycles.